The number of ether oxygens (including phenoxy) is 2. The normalized spacial score (nSPS) is 9.27. The maximum Gasteiger partial charge on any atom is 0.281 e. The Kier molecular flexibility index (Phi) is 2.05. The van der Waals surface area contributed by atoms with Crippen LogP contribution in [0.2, 0.25) is 0 Å². The van der Waals surface area contributed by atoms with Crippen molar-refractivity contribution in [2.75, 3.05) is 20.0 Å². The second kappa shape index (κ2) is 3.00. The van der Waals surface area contributed by atoms with Gasteiger partial charge in [0.2, 0.25) is 5.75 Å². The van der Waals surface area contributed by atoms with Gasteiger partial charge >= 0.3 is 0 Å². The Bertz CT molecular complexity index is 252. The lowest BCUT2D eigenvalue weighted by Gasteiger charge is -2.04. The van der Waals surface area contributed by atoms with Gasteiger partial charge in [-0.3, -0.25) is 0 Å². The van der Waals surface area contributed by atoms with Gasteiger partial charge in [0.15, 0.2) is 5.82 Å². The summed E-state index contributed by atoms with van der Waals surface area (Å²) in [5, 5.41) is 10.3. The molecule has 60 valence electrons. The first-order chi connectivity index (χ1) is 5.29. The van der Waals surface area contributed by atoms with Crippen molar-refractivity contribution >= 4 is 5.82 Å². The highest BCUT2D eigenvalue weighted by Crippen LogP contribution is 2.26. The maximum atomic E-state index is 5.39. The zero-order valence-electron chi connectivity index (χ0n) is 6.24. The quantitative estimate of drug-likeness (QED) is 0.619. The van der Waals surface area contributed by atoms with Crippen molar-refractivity contribution in [2.24, 2.45) is 0 Å². The van der Waals surface area contributed by atoms with Crippen LogP contribution in [0.25, 0.3) is 0 Å². The molecule has 11 heavy (non-hydrogen) atoms. The first-order valence-corrected chi connectivity index (χ1v) is 2.86. The topological polar surface area (TPSA) is 83.2 Å². The molecule has 1 rings (SSSR count). The minimum atomic E-state index is 0.166. The SMILES string of the molecule is COc1nnnc(N)c1OC. The lowest BCUT2D eigenvalue weighted by atomic mass is 10.5. The third-order valence-electron chi connectivity index (χ3n) is 1.11. The third-order valence-corrected chi connectivity index (χ3v) is 1.11. The van der Waals surface area contributed by atoms with Gasteiger partial charge in [-0.1, -0.05) is 5.10 Å². The third kappa shape index (κ3) is 1.28. The van der Waals surface area contributed by atoms with E-state index in [1.165, 1.54) is 14.2 Å². The molecule has 0 aliphatic rings. The first-order valence-electron chi connectivity index (χ1n) is 2.86. The van der Waals surface area contributed by atoms with Gasteiger partial charge in [-0.15, -0.1) is 5.10 Å². The van der Waals surface area contributed by atoms with Gasteiger partial charge in [-0.2, -0.15) is 0 Å². The van der Waals surface area contributed by atoms with Crippen LogP contribution < -0.4 is 15.2 Å². The van der Waals surface area contributed by atoms with Crippen molar-refractivity contribution in [2.45, 2.75) is 0 Å². The van der Waals surface area contributed by atoms with Gasteiger partial charge in [0, 0.05) is 0 Å². The van der Waals surface area contributed by atoms with Crippen LogP contribution in [0.3, 0.4) is 0 Å². The van der Waals surface area contributed by atoms with Crippen LogP contribution in [0.4, 0.5) is 5.82 Å². The highest BCUT2D eigenvalue weighted by molar-refractivity contribution is 5.50. The molecule has 0 aliphatic heterocycles. The van der Waals surface area contributed by atoms with Crippen LogP contribution in [-0.4, -0.2) is 29.6 Å². The lowest BCUT2D eigenvalue weighted by Crippen LogP contribution is -2.02. The summed E-state index contributed by atoms with van der Waals surface area (Å²) in [6, 6.07) is 0. The van der Waals surface area contributed by atoms with E-state index in [2.05, 4.69) is 15.4 Å². The summed E-state index contributed by atoms with van der Waals surface area (Å²) in [6.07, 6.45) is 0. The van der Waals surface area contributed by atoms with E-state index >= 15 is 0 Å². The Hall–Kier alpha value is -1.59. The summed E-state index contributed by atoms with van der Waals surface area (Å²) >= 11 is 0. The van der Waals surface area contributed by atoms with E-state index in [4.69, 9.17) is 15.2 Å². The molecule has 0 fully saturated rings. The summed E-state index contributed by atoms with van der Waals surface area (Å²) < 4.78 is 9.65. The van der Waals surface area contributed by atoms with Crippen LogP contribution in [0.1, 0.15) is 0 Å². The molecule has 1 aromatic heterocycles. The number of aromatic nitrogens is 3. The molecule has 0 bridgehead atoms. The summed E-state index contributed by atoms with van der Waals surface area (Å²) in [7, 11) is 2.91. The summed E-state index contributed by atoms with van der Waals surface area (Å²) in [5.41, 5.74) is 5.39. The highest BCUT2D eigenvalue weighted by atomic mass is 16.5. The average Bonchev–Trinajstić information content (AvgIpc) is 2.04. The van der Waals surface area contributed by atoms with Crippen molar-refractivity contribution in [3.8, 4) is 11.6 Å². The standard InChI is InChI=1S/C5H8N4O2/c1-10-3-4(6)7-9-8-5(3)11-2/h1-2H3,(H2,6,7,8). The van der Waals surface area contributed by atoms with Crippen LogP contribution in [-0.2, 0) is 0 Å². The summed E-state index contributed by atoms with van der Waals surface area (Å²) in [6.45, 7) is 0. The molecule has 2 N–H and O–H groups in total. The summed E-state index contributed by atoms with van der Waals surface area (Å²) in [4.78, 5) is 0. The summed E-state index contributed by atoms with van der Waals surface area (Å²) in [5.74, 6) is 0.710. The van der Waals surface area contributed by atoms with Gasteiger partial charge in [-0.05, 0) is 5.21 Å². The molecule has 0 atom stereocenters. The Morgan fingerprint density at radius 1 is 1.18 bits per heavy atom. The highest BCUT2D eigenvalue weighted by Gasteiger charge is 2.09. The van der Waals surface area contributed by atoms with Crippen LogP contribution in [0.15, 0.2) is 0 Å². The molecule has 0 amide bonds. The zero-order valence-corrected chi connectivity index (χ0v) is 6.24. The fourth-order valence-electron chi connectivity index (χ4n) is 0.637. The minimum absolute atomic E-state index is 0.166. The maximum absolute atomic E-state index is 5.39. The van der Waals surface area contributed by atoms with E-state index in [1.807, 2.05) is 0 Å². The first kappa shape index (κ1) is 7.52. The van der Waals surface area contributed by atoms with E-state index in [1.54, 1.807) is 0 Å². The zero-order chi connectivity index (χ0) is 8.27. The number of nitrogen functional groups attached to an aromatic ring is 1. The second-order valence-electron chi connectivity index (χ2n) is 1.72. The number of nitrogens with two attached hydrogens (primary N) is 1. The van der Waals surface area contributed by atoms with Crippen molar-refractivity contribution in [3.05, 3.63) is 0 Å². The van der Waals surface area contributed by atoms with Crippen molar-refractivity contribution in [1.29, 1.82) is 0 Å². The fourth-order valence-corrected chi connectivity index (χ4v) is 0.637. The minimum Gasteiger partial charge on any atom is -0.489 e. The van der Waals surface area contributed by atoms with E-state index in [0.29, 0.717) is 5.75 Å². The van der Waals surface area contributed by atoms with Crippen molar-refractivity contribution in [3.63, 3.8) is 0 Å². The Morgan fingerprint density at radius 3 is 2.36 bits per heavy atom. The van der Waals surface area contributed by atoms with Gasteiger partial charge < -0.3 is 15.2 Å². The number of anilines is 1. The largest absolute Gasteiger partial charge is 0.489 e. The van der Waals surface area contributed by atoms with E-state index in [0.717, 1.165) is 0 Å². The van der Waals surface area contributed by atoms with Crippen molar-refractivity contribution < 1.29 is 9.47 Å². The fraction of sp³-hybridized carbons (Fsp3) is 0.400. The van der Waals surface area contributed by atoms with Crippen molar-refractivity contribution in [1.82, 2.24) is 15.4 Å². The molecule has 0 radical (unpaired) electrons. The predicted octanol–water partition coefficient (Wildman–Crippen LogP) is -0.529. The van der Waals surface area contributed by atoms with Gasteiger partial charge in [0.05, 0.1) is 14.2 Å². The Labute approximate surface area is 63.3 Å². The van der Waals surface area contributed by atoms with Crippen LogP contribution >= 0.6 is 0 Å². The average molecular weight is 156 g/mol. The molecule has 0 aromatic carbocycles. The molecular weight excluding hydrogens is 148 g/mol. The lowest BCUT2D eigenvalue weighted by molar-refractivity contribution is 0.336. The predicted molar refractivity (Wildman–Crippen MR) is 37.3 cm³/mol. The Balaban J connectivity index is 3.13. The van der Waals surface area contributed by atoms with Crippen LogP contribution in [0, 0.1) is 0 Å². The number of nitrogens with zero attached hydrogens (tertiary/aromatic N) is 3. The number of rotatable bonds is 2. The van der Waals surface area contributed by atoms with E-state index in [-0.39, 0.29) is 11.7 Å². The number of methoxy groups -OCH3 is 2. The molecule has 0 unspecified atom stereocenters. The van der Waals surface area contributed by atoms with Gasteiger partial charge in [0.25, 0.3) is 5.88 Å². The smallest absolute Gasteiger partial charge is 0.281 e. The van der Waals surface area contributed by atoms with E-state index < -0.39 is 0 Å². The second-order valence-corrected chi connectivity index (χ2v) is 1.72. The molecule has 0 aliphatic carbocycles. The van der Waals surface area contributed by atoms with E-state index in [9.17, 15) is 0 Å². The monoisotopic (exact) mass is 156 g/mol. The molecule has 0 saturated carbocycles. The molecule has 1 heterocycles. The number of hydrogen-bond donors (Lipinski definition) is 1. The molecule has 6 nitrogen and oxygen atoms in total. The molecule has 6 heteroatoms. The Morgan fingerprint density at radius 2 is 1.91 bits per heavy atom. The molecule has 0 saturated heterocycles. The number of hydrogen-bond acceptors (Lipinski definition) is 6. The van der Waals surface area contributed by atoms with Crippen LogP contribution in [0.5, 0.6) is 11.6 Å². The van der Waals surface area contributed by atoms with Gasteiger partial charge in [-0.25, -0.2) is 0 Å². The molecule has 1 aromatic rings. The molecule has 0 spiro atoms. The van der Waals surface area contributed by atoms with Gasteiger partial charge in [0.1, 0.15) is 0 Å². The molecular formula is C5H8N4O2.